The van der Waals surface area contributed by atoms with E-state index >= 15 is 0 Å². The number of thioether (sulfide) groups is 1. The molecule has 2 aromatic rings. The predicted molar refractivity (Wildman–Crippen MR) is 83.8 cm³/mol. The van der Waals surface area contributed by atoms with E-state index in [1.807, 2.05) is 48.5 Å². The van der Waals surface area contributed by atoms with Crippen molar-refractivity contribution in [2.24, 2.45) is 4.99 Å². The van der Waals surface area contributed by atoms with Crippen molar-refractivity contribution in [2.45, 2.75) is 5.44 Å². The van der Waals surface area contributed by atoms with Crippen molar-refractivity contribution < 1.29 is 9.53 Å². The molecule has 0 radical (unpaired) electrons. The zero-order valence-corrected chi connectivity index (χ0v) is 11.8. The number of aliphatic imine (C=N–C) groups is 1. The Balaban J connectivity index is 1.74. The van der Waals surface area contributed by atoms with Gasteiger partial charge >= 0.3 is 0 Å². The summed E-state index contributed by atoms with van der Waals surface area (Å²) in [4.78, 5) is 16.9. The second-order valence-electron chi connectivity index (χ2n) is 4.78. The largest absolute Gasteiger partial charge is 0.474 e. The van der Waals surface area contributed by atoms with Crippen LogP contribution in [-0.2, 0) is 0 Å². The summed E-state index contributed by atoms with van der Waals surface area (Å²) in [7, 11) is 0. The molecule has 1 atom stereocenters. The molecule has 0 N–H and O–H groups in total. The summed E-state index contributed by atoms with van der Waals surface area (Å²) in [6.45, 7) is 0. The number of hydrogen-bond acceptors (Lipinski definition) is 4. The summed E-state index contributed by atoms with van der Waals surface area (Å²) in [6, 6.07) is 17.3. The van der Waals surface area contributed by atoms with Crippen molar-refractivity contribution in [1.82, 2.24) is 0 Å². The molecule has 0 aliphatic carbocycles. The fourth-order valence-electron chi connectivity index (χ4n) is 2.39. The highest BCUT2D eigenvalue weighted by atomic mass is 32.2. The monoisotopic (exact) mass is 293 g/mol. The number of carbonyl (C=O) groups is 1. The molecule has 102 valence electrons. The third-order valence-corrected chi connectivity index (χ3v) is 4.57. The molecule has 1 unspecified atom stereocenters. The fraction of sp³-hybridized carbons (Fsp3) is 0.0588. The zero-order valence-electron chi connectivity index (χ0n) is 11.0. The maximum atomic E-state index is 12.5. The van der Waals surface area contributed by atoms with Gasteiger partial charge in [-0.3, -0.25) is 4.79 Å². The Morgan fingerprint density at radius 3 is 2.62 bits per heavy atom. The Kier molecular flexibility index (Phi) is 2.89. The first-order chi connectivity index (χ1) is 10.3. The second kappa shape index (κ2) is 4.90. The smallest absolute Gasteiger partial charge is 0.198 e. The Hall–Kier alpha value is -2.33. The first kappa shape index (κ1) is 12.4. The average Bonchev–Trinajstić information content (AvgIpc) is 2.55. The lowest BCUT2D eigenvalue weighted by atomic mass is 10.0. The van der Waals surface area contributed by atoms with Gasteiger partial charge < -0.3 is 4.74 Å². The minimum absolute atomic E-state index is 0.00483. The lowest BCUT2D eigenvalue weighted by Crippen LogP contribution is -2.30. The molecular formula is C17H11NO2S. The number of carbonyl (C=O) groups excluding carboxylic acids is 1. The molecule has 0 saturated heterocycles. The van der Waals surface area contributed by atoms with Crippen molar-refractivity contribution in [3.05, 3.63) is 77.5 Å². The maximum Gasteiger partial charge on any atom is 0.198 e. The van der Waals surface area contributed by atoms with Gasteiger partial charge in [-0.05, 0) is 12.1 Å². The predicted octanol–water partition coefficient (Wildman–Crippen LogP) is 3.67. The molecule has 0 fully saturated rings. The first-order valence-electron chi connectivity index (χ1n) is 6.63. The minimum Gasteiger partial charge on any atom is -0.474 e. The Morgan fingerprint density at radius 1 is 1.00 bits per heavy atom. The summed E-state index contributed by atoms with van der Waals surface area (Å²) in [5, 5.41) is 0.872. The van der Waals surface area contributed by atoms with Crippen LogP contribution >= 0.6 is 11.8 Å². The van der Waals surface area contributed by atoms with E-state index in [-0.39, 0.29) is 11.2 Å². The number of hydrogen-bond donors (Lipinski definition) is 0. The van der Waals surface area contributed by atoms with Crippen molar-refractivity contribution >= 4 is 22.6 Å². The third kappa shape index (κ3) is 2.08. The molecule has 2 aliphatic heterocycles. The number of fused-ring (bicyclic) bond motifs is 2. The normalized spacial score (nSPS) is 19.8. The number of Topliss-reactive ketones (excluding diaryl/α,β-unsaturated/α-hetero) is 1. The zero-order chi connectivity index (χ0) is 14.2. The number of benzene rings is 2. The lowest BCUT2D eigenvalue weighted by molar-refractivity contribution is 0.0991. The number of rotatable bonds is 1. The van der Waals surface area contributed by atoms with Crippen LogP contribution < -0.4 is 4.74 Å². The van der Waals surface area contributed by atoms with Crippen LogP contribution in [0.4, 0.5) is 0 Å². The van der Waals surface area contributed by atoms with Gasteiger partial charge in [0.1, 0.15) is 10.8 Å². The number of nitrogens with zero attached hydrogens (tertiary/aromatic N) is 1. The molecule has 0 aromatic heterocycles. The van der Waals surface area contributed by atoms with Crippen molar-refractivity contribution in [3.8, 4) is 5.75 Å². The van der Waals surface area contributed by atoms with Crippen molar-refractivity contribution in [2.75, 3.05) is 0 Å². The van der Waals surface area contributed by atoms with E-state index in [9.17, 15) is 4.79 Å². The number of ether oxygens (including phenoxy) is 1. The molecule has 3 nitrogen and oxygen atoms in total. The van der Waals surface area contributed by atoms with Crippen molar-refractivity contribution in [3.63, 3.8) is 0 Å². The van der Waals surface area contributed by atoms with Gasteiger partial charge in [0.15, 0.2) is 11.2 Å². The van der Waals surface area contributed by atoms with E-state index in [1.54, 1.807) is 12.3 Å². The molecule has 2 heterocycles. The number of para-hydroxylation sites is 1. The highest BCUT2D eigenvalue weighted by molar-refractivity contribution is 8.15. The molecule has 0 spiro atoms. The van der Waals surface area contributed by atoms with E-state index in [0.29, 0.717) is 16.9 Å². The summed E-state index contributed by atoms with van der Waals surface area (Å²) in [6.07, 6.45) is 1.64. The molecule has 4 rings (SSSR count). The molecule has 4 heteroatoms. The summed E-state index contributed by atoms with van der Waals surface area (Å²) in [5.41, 5.74) is 1.94. The van der Waals surface area contributed by atoms with Gasteiger partial charge in [0.25, 0.3) is 0 Å². The SMILES string of the molecule is O=C1C2=CN=C(c3ccccc3)SC2Oc2ccccc21. The van der Waals surface area contributed by atoms with E-state index in [2.05, 4.69) is 4.99 Å². The minimum atomic E-state index is -0.319. The third-order valence-electron chi connectivity index (χ3n) is 3.44. The van der Waals surface area contributed by atoms with E-state index in [1.165, 1.54) is 11.8 Å². The second-order valence-corrected chi connectivity index (χ2v) is 5.83. The summed E-state index contributed by atoms with van der Waals surface area (Å²) >= 11 is 1.47. The Morgan fingerprint density at radius 2 is 1.76 bits per heavy atom. The van der Waals surface area contributed by atoms with Gasteiger partial charge in [0, 0.05) is 11.8 Å². The van der Waals surface area contributed by atoms with E-state index in [4.69, 9.17) is 4.74 Å². The summed E-state index contributed by atoms with van der Waals surface area (Å²) in [5.74, 6) is 0.650. The average molecular weight is 293 g/mol. The standard InChI is InChI=1S/C17H11NO2S/c19-15-12-8-4-5-9-14(12)20-17-13(15)10-18-16(21-17)11-6-2-1-3-7-11/h1-10,17H. The first-order valence-corrected chi connectivity index (χ1v) is 7.51. The van der Waals surface area contributed by atoms with Gasteiger partial charge in [0.05, 0.1) is 11.1 Å². The molecule has 2 aromatic carbocycles. The van der Waals surface area contributed by atoms with Crippen LogP contribution in [0.1, 0.15) is 15.9 Å². The van der Waals surface area contributed by atoms with Crippen LogP contribution in [0.5, 0.6) is 5.75 Å². The maximum absolute atomic E-state index is 12.5. The molecule has 0 saturated carbocycles. The van der Waals surface area contributed by atoms with Gasteiger partial charge in [-0.2, -0.15) is 0 Å². The molecule has 2 aliphatic rings. The van der Waals surface area contributed by atoms with E-state index in [0.717, 1.165) is 10.6 Å². The van der Waals surface area contributed by atoms with Crippen LogP contribution in [0.3, 0.4) is 0 Å². The van der Waals surface area contributed by atoms with Crippen LogP contribution in [0, 0.1) is 0 Å². The van der Waals surface area contributed by atoms with E-state index < -0.39 is 0 Å². The van der Waals surface area contributed by atoms with Crippen molar-refractivity contribution in [1.29, 1.82) is 0 Å². The number of ketones is 1. The van der Waals surface area contributed by atoms with Gasteiger partial charge in [0.2, 0.25) is 0 Å². The Bertz CT molecular complexity index is 780. The highest BCUT2D eigenvalue weighted by Crippen LogP contribution is 2.38. The Labute approximate surface area is 126 Å². The summed E-state index contributed by atoms with van der Waals surface area (Å²) < 4.78 is 5.95. The highest BCUT2D eigenvalue weighted by Gasteiger charge is 2.35. The van der Waals surface area contributed by atoms with Crippen LogP contribution in [-0.4, -0.2) is 16.3 Å². The molecule has 21 heavy (non-hydrogen) atoms. The topological polar surface area (TPSA) is 38.7 Å². The van der Waals surface area contributed by atoms with Crippen LogP contribution in [0.25, 0.3) is 0 Å². The lowest BCUT2D eigenvalue weighted by Gasteiger charge is -2.29. The fourth-order valence-corrected chi connectivity index (χ4v) is 3.42. The van der Waals surface area contributed by atoms with Crippen LogP contribution in [0.15, 0.2) is 71.4 Å². The van der Waals surface area contributed by atoms with Gasteiger partial charge in [-0.15, -0.1) is 0 Å². The molecule has 0 amide bonds. The van der Waals surface area contributed by atoms with Gasteiger partial charge in [-0.1, -0.05) is 54.2 Å². The molecule has 0 bridgehead atoms. The van der Waals surface area contributed by atoms with Gasteiger partial charge in [-0.25, -0.2) is 4.99 Å². The van der Waals surface area contributed by atoms with Crippen LogP contribution in [0.2, 0.25) is 0 Å². The quantitative estimate of drug-likeness (QED) is 0.805. The molecular weight excluding hydrogens is 282 g/mol.